The van der Waals surface area contributed by atoms with Gasteiger partial charge in [-0.2, -0.15) is 0 Å². The summed E-state index contributed by atoms with van der Waals surface area (Å²) in [6.07, 6.45) is 1.81. The highest BCUT2D eigenvalue weighted by Crippen LogP contribution is 2.20. The predicted molar refractivity (Wildman–Crippen MR) is 60.5 cm³/mol. The molecule has 0 aliphatic carbocycles. The molecule has 1 unspecified atom stereocenters. The van der Waals surface area contributed by atoms with E-state index >= 15 is 0 Å². The van der Waals surface area contributed by atoms with Crippen LogP contribution in [-0.2, 0) is 4.74 Å². The topological polar surface area (TPSA) is 42.4 Å². The van der Waals surface area contributed by atoms with Crippen LogP contribution in [0.4, 0.5) is 4.39 Å². The highest BCUT2D eigenvalue weighted by molar-refractivity contribution is 6.32. The number of likely N-dealkylation sites (tertiary alicyclic amines) is 1. The van der Waals surface area contributed by atoms with Crippen LogP contribution in [-0.4, -0.2) is 42.1 Å². The molecule has 17 heavy (non-hydrogen) atoms. The Bertz CT molecular complexity index is 441. The number of pyridine rings is 1. The minimum Gasteiger partial charge on any atom is -0.380 e. The summed E-state index contributed by atoms with van der Waals surface area (Å²) < 4.78 is 18.2. The third-order valence-corrected chi connectivity index (χ3v) is 3.10. The van der Waals surface area contributed by atoms with Crippen molar-refractivity contribution >= 4 is 17.5 Å². The second-order valence-corrected chi connectivity index (χ2v) is 4.25. The fraction of sp³-hybridized carbons (Fsp3) is 0.455. The molecule has 1 aliphatic rings. The third kappa shape index (κ3) is 2.56. The number of hydrogen-bond acceptors (Lipinski definition) is 3. The Kier molecular flexibility index (Phi) is 3.59. The van der Waals surface area contributed by atoms with Gasteiger partial charge in [-0.1, -0.05) is 11.6 Å². The molecule has 1 aliphatic heterocycles. The van der Waals surface area contributed by atoms with E-state index in [0.717, 1.165) is 18.7 Å². The maximum atomic E-state index is 13.0. The van der Waals surface area contributed by atoms with Crippen LogP contribution >= 0.6 is 11.6 Å². The molecule has 4 nitrogen and oxygen atoms in total. The van der Waals surface area contributed by atoms with Gasteiger partial charge in [-0.3, -0.25) is 4.79 Å². The van der Waals surface area contributed by atoms with E-state index in [1.54, 1.807) is 12.0 Å². The lowest BCUT2D eigenvalue weighted by Crippen LogP contribution is -2.30. The van der Waals surface area contributed by atoms with Gasteiger partial charge in [0.2, 0.25) is 0 Å². The van der Waals surface area contributed by atoms with Crippen molar-refractivity contribution in [2.24, 2.45) is 0 Å². The zero-order chi connectivity index (χ0) is 12.4. The van der Waals surface area contributed by atoms with Crippen molar-refractivity contribution in [3.05, 3.63) is 28.8 Å². The van der Waals surface area contributed by atoms with Crippen LogP contribution < -0.4 is 0 Å². The van der Waals surface area contributed by atoms with Crippen LogP contribution in [0.2, 0.25) is 5.15 Å². The fourth-order valence-electron chi connectivity index (χ4n) is 1.85. The van der Waals surface area contributed by atoms with Gasteiger partial charge in [-0.15, -0.1) is 0 Å². The molecule has 1 atom stereocenters. The Morgan fingerprint density at radius 2 is 2.47 bits per heavy atom. The van der Waals surface area contributed by atoms with E-state index in [4.69, 9.17) is 16.3 Å². The van der Waals surface area contributed by atoms with Crippen molar-refractivity contribution in [1.82, 2.24) is 9.88 Å². The zero-order valence-electron chi connectivity index (χ0n) is 9.32. The molecule has 1 saturated heterocycles. The largest absolute Gasteiger partial charge is 0.380 e. The van der Waals surface area contributed by atoms with Gasteiger partial charge in [0.25, 0.3) is 5.91 Å². The van der Waals surface area contributed by atoms with E-state index < -0.39 is 5.82 Å². The van der Waals surface area contributed by atoms with Crippen molar-refractivity contribution in [2.45, 2.75) is 12.5 Å². The van der Waals surface area contributed by atoms with Gasteiger partial charge in [0, 0.05) is 20.2 Å². The Morgan fingerprint density at radius 3 is 3.12 bits per heavy atom. The SMILES string of the molecule is COC1CCN(C(=O)c2cc(F)cnc2Cl)C1. The number of carbonyl (C=O) groups excluding carboxylic acids is 1. The van der Waals surface area contributed by atoms with Gasteiger partial charge in [-0.05, 0) is 12.5 Å². The minimum atomic E-state index is -0.569. The number of rotatable bonds is 2. The molecule has 0 radical (unpaired) electrons. The predicted octanol–water partition coefficient (Wildman–Crippen LogP) is 1.74. The number of ether oxygens (including phenoxy) is 1. The maximum absolute atomic E-state index is 13.0. The first-order valence-corrected chi connectivity index (χ1v) is 5.62. The molecule has 6 heteroatoms. The number of nitrogens with zero attached hydrogens (tertiary/aromatic N) is 2. The Hall–Kier alpha value is -1.20. The van der Waals surface area contributed by atoms with E-state index in [1.165, 1.54) is 0 Å². The van der Waals surface area contributed by atoms with Crippen LogP contribution in [0.15, 0.2) is 12.3 Å². The summed E-state index contributed by atoms with van der Waals surface area (Å²) in [7, 11) is 1.61. The highest BCUT2D eigenvalue weighted by atomic mass is 35.5. The minimum absolute atomic E-state index is 0.0252. The molecule has 1 amide bonds. The second kappa shape index (κ2) is 4.98. The maximum Gasteiger partial charge on any atom is 0.257 e. The molecule has 0 N–H and O–H groups in total. The van der Waals surface area contributed by atoms with E-state index in [0.29, 0.717) is 13.1 Å². The monoisotopic (exact) mass is 258 g/mol. The molecule has 1 aromatic heterocycles. The molecule has 0 aromatic carbocycles. The molecular weight excluding hydrogens is 247 g/mol. The Morgan fingerprint density at radius 1 is 1.71 bits per heavy atom. The van der Waals surface area contributed by atoms with E-state index in [1.807, 2.05) is 0 Å². The molecule has 0 bridgehead atoms. The first-order valence-electron chi connectivity index (χ1n) is 5.25. The molecule has 1 fully saturated rings. The average Bonchev–Trinajstić information content (AvgIpc) is 2.80. The van der Waals surface area contributed by atoms with Gasteiger partial charge < -0.3 is 9.64 Å². The lowest BCUT2D eigenvalue weighted by molar-refractivity contribution is 0.0723. The summed E-state index contributed by atoms with van der Waals surface area (Å²) in [5, 5.41) is 0.0252. The number of carbonyl (C=O) groups is 1. The average molecular weight is 259 g/mol. The Labute approximate surface area is 103 Å². The van der Waals surface area contributed by atoms with Crippen molar-refractivity contribution < 1.29 is 13.9 Å². The molecule has 92 valence electrons. The van der Waals surface area contributed by atoms with Crippen molar-refractivity contribution in [3.63, 3.8) is 0 Å². The quantitative estimate of drug-likeness (QED) is 0.759. The fourth-order valence-corrected chi connectivity index (χ4v) is 2.03. The summed E-state index contributed by atoms with van der Waals surface area (Å²) in [5.74, 6) is -0.873. The molecule has 0 spiro atoms. The molecule has 2 heterocycles. The van der Waals surface area contributed by atoms with Crippen LogP contribution in [0.25, 0.3) is 0 Å². The zero-order valence-corrected chi connectivity index (χ0v) is 10.1. The number of methoxy groups -OCH3 is 1. The van der Waals surface area contributed by atoms with Crippen LogP contribution in [0.5, 0.6) is 0 Å². The van der Waals surface area contributed by atoms with Crippen LogP contribution in [0.3, 0.4) is 0 Å². The second-order valence-electron chi connectivity index (χ2n) is 3.89. The van der Waals surface area contributed by atoms with E-state index in [-0.39, 0.29) is 22.7 Å². The first-order chi connectivity index (χ1) is 8.11. The smallest absolute Gasteiger partial charge is 0.257 e. The van der Waals surface area contributed by atoms with E-state index in [2.05, 4.69) is 4.98 Å². The van der Waals surface area contributed by atoms with Crippen LogP contribution in [0, 0.1) is 5.82 Å². The molecule has 2 rings (SSSR count). The molecule has 1 aromatic rings. The lowest BCUT2D eigenvalue weighted by Gasteiger charge is -2.16. The van der Waals surface area contributed by atoms with Crippen LogP contribution in [0.1, 0.15) is 16.8 Å². The summed E-state index contributed by atoms with van der Waals surface area (Å²) in [4.78, 5) is 17.3. The van der Waals surface area contributed by atoms with Crippen molar-refractivity contribution in [2.75, 3.05) is 20.2 Å². The van der Waals surface area contributed by atoms with Gasteiger partial charge in [-0.25, -0.2) is 9.37 Å². The number of amides is 1. The number of aromatic nitrogens is 1. The summed E-state index contributed by atoms with van der Waals surface area (Å²) in [6, 6.07) is 1.11. The normalized spacial score (nSPS) is 19.7. The van der Waals surface area contributed by atoms with Gasteiger partial charge in [0.1, 0.15) is 11.0 Å². The molecular formula is C11H12ClFN2O2. The third-order valence-electron chi connectivity index (χ3n) is 2.80. The van der Waals surface area contributed by atoms with Gasteiger partial charge in [0.05, 0.1) is 17.9 Å². The van der Waals surface area contributed by atoms with Gasteiger partial charge >= 0.3 is 0 Å². The first kappa shape index (κ1) is 12.3. The number of hydrogen-bond donors (Lipinski definition) is 0. The van der Waals surface area contributed by atoms with E-state index in [9.17, 15) is 9.18 Å². The summed E-state index contributed by atoms with van der Waals surface area (Å²) in [5.41, 5.74) is 0.100. The van der Waals surface area contributed by atoms with Gasteiger partial charge in [0.15, 0.2) is 0 Å². The number of halogens is 2. The standard InChI is InChI=1S/C11H12ClFN2O2/c1-17-8-2-3-15(6-8)11(16)9-4-7(13)5-14-10(9)12/h4-5,8H,2-3,6H2,1H3. The highest BCUT2D eigenvalue weighted by Gasteiger charge is 2.28. The van der Waals surface area contributed by atoms with Crippen molar-refractivity contribution in [3.8, 4) is 0 Å². The summed E-state index contributed by atoms with van der Waals surface area (Å²) >= 11 is 5.78. The Balaban J connectivity index is 2.17. The summed E-state index contributed by atoms with van der Waals surface area (Å²) in [6.45, 7) is 1.09. The van der Waals surface area contributed by atoms with Crippen molar-refractivity contribution in [1.29, 1.82) is 0 Å². The lowest BCUT2D eigenvalue weighted by atomic mass is 10.2. The molecule has 0 saturated carbocycles.